The molecule has 0 bridgehead atoms. The van der Waals surface area contributed by atoms with Crippen LogP contribution in [0.3, 0.4) is 0 Å². The number of allylic oxidation sites excluding steroid dienone is 1. The summed E-state index contributed by atoms with van der Waals surface area (Å²) in [4.78, 5) is 13.3. The molecule has 0 saturated heterocycles. The second-order valence-corrected chi connectivity index (χ2v) is 8.91. The van der Waals surface area contributed by atoms with Crippen LogP contribution in [0.5, 0.6) is 0 Å². The number of hydrogen-bond acceptors (Lipinski definition) is 3. The molecule has 172 valence electrons. The lowest BCUT2D eigenvalue weighted by Crippen LogP contribution is -2.47. The van der Waals surface area contributed by atoms with Gasteiger partial charge >= 0.3 is 5.97 Å². The third-order valence-electron chi connectivity index (χ3n) is 5.72. The van der Waals surface area contributed by atoms with Crippen LogP contribution in [0.15, 0.2) is 48.6 Å². The van der Waals surface area contributed by atoms with Crippen molar-refractivity contribution in [2.45, 2.75) is 37.0 Å². The van der Waals surface area contributed by atoms with Crippen molar-refractivity contribution in [2.75, 3.05) is 21.1 Å². The molecule has 3 rings (SSSR count). The molecular formula is C24H26F4NO3+. The van der Waals surface area contributed by atoms with Gasteiger partial charge in [-0.2, -0.15) is 0 Å². The Kier molecular flexibility index (Phi) is 6.76. The van der Waals surface area contributed by atoms with Crippen LogP contribution in [0.1, 0.15) is 30.4 Å². The minimum absolute atomic E-state index is 0.00788. The second-order valence-electron chi connectivity index (χ2n) is 8.91. The maximum atomic E-state index is 14.6. The number of benzene rings is 2. The summed E-state index contributed by atoms with van der Waals surface area (Å²) in [6, 6.07) is 4.31. The summed E-state index contributed by atoms with van der Waals surface area (Å²) in [6.07, 6.45) is 4.86. The fourth-order valence-corrected chi connectivity index (χ4v) is 3.85. The molecule has 4 nitrogen and oxygen atoms in total. The highest BCUT2D eigenvalue weighted by molar-refractivity contribution is 5.85. The topological polar surface area (TPSA) is 46.5 Å². The number of rotatable bonds is 5. The van der Waals surface area contributed by atoms with Crippen molar-refractivity contribution < 1.29 is 36.7 Å². The highest BCUT2D eigenvalue weighted by Crippen LogP contribution is 2.36. The average Bonchev–Trinajstić information content (AvgIpc) is 2.93. The van der Waals surface area contributed by atoms with Gasteiger partial charge < -0.3 is 14.3 Å². The maximum absolute atomic E-state index is 14.6. The maximum Gasteiger partial charge on any atom is 0.348 e. The Balaban J connectivity index is 2.03. The Morgan fingerprint density at radius 3 is 2.00 bits per heavy atom. The summed E-state index contributed by atoms with van der Waals surface area (Å²) in [6.45, 7) is 0. The SMILES string of the molecule is C[N+](C)(C)C1C=CCC[C@@H](OC(=O)C(O)(c2ccc(F)cc2F)c2ccc(F)cc2F)C1. The number of hydrogen-bond donors (Lipinski definition) is 1. The van der Waals surface area contributed by atoms with E-state index in [1.165, 1.54) is 0 Å². The Morgan fingerprint density at radius 1 is 1.00 bits per heavy atom. The highest BCUT2D eigenvalue weighted by Gasteiger charge is 2.47. The summed E-state index contributed by atoms with van der Waals surface area (Å²) < 4.78 is 62.4. The molecule has 1 aliphatic carbocycles. The second kappa shape index (κ2) is 9.03. The predicted molar refractivity (Wildman–Crippen MR) is 110 cm³/mol. The van der Waals surface area contributed by atoms with Crippen LogP contribution in [0.2, 0.25) is 0 Å². The molecule has 2 aromatic carbocycles. The van der Waals surface area contributed by atoms with E-state index in [0.29, 0.717) is 35.9 Å². The average molecular weight is 452 g/mol. The molecule has 0 fully saturated rings. The number of esters is 1. The summed E-state index contributed by atoms with van der Waals surface area (Å²) in [5, 5.41) is 11.4. The Bertz CT molecular complexity index is 981. The van der Waals surface area contributed by atoms with Gasteiger partial charge in [-0.3, -0.25) is 0 Å². The minimum Gasteiger partial charge on any atom is -0.459 e. The van der Waals surface area contributed by atoms with Crippen molar-refractivity contribution in [3.05, 3.63) is 82.9 Å². The predicted octanol–water partition coefficient (Wildman–Crippen LogP) is 4.21. The smallest absolute Gasteiger partial charge is 0.348 e. The van der Waals surface area contributed by atoms with Crippen LogP contribution in [0.4, 0.5) is 17.6 Å². The van der Waals surface area contributed by atoms with E-state index in [1.807, 2.05) is 33.3 Å². The van der Waals surface area contributed by atoms with Crippen molar-refractivity contribution in [1.29, 1.82) is 0 Å². The van der Waals surface area contributed by atoms with E-state index in [9.17, 15) is 27.5 Å². The molecule has 0 aliphatic heterocycles. The zero-order valence-electron chi connectivity index (χ0n) is 18.1. The first-order valence-electron chi connectivity index (χ1n) is 10.2. The minimum atomic E-state index is -2.94. The number of aliphatic hydroxyl groups is 1. The van der Waals surface area contributed by atoms with Gasteiger partial charge in [-0.1, -0.05) is 6.08 Å². The van der Waals surface area contributed by atoms with Gasteiger partial charge in [-0.15, -0.1) is 0 Å². The Morgan fingerprint density at radius 2 is 1.53 bits per heavy atom. The van der Waals surface area contributed by atoms with Gasteiger partial charge in [0.25, 0.3) is 0 Å². The van der Waals surface area contributed by atoms with Crippen LogP contribution in [-0.4, -0.2) is 48.8 Å². The van der Waals surface area contributed by atoms with Crippen molar-refractivity contribution in [3.8, 4) is 0 Å². The van der Waals surface area contributed by atoms with Gasteiger partial charge in [0, 0.05) is 29.7 Å². The molecule has 0 heterocycles. The first-order chi connectivity index (χ1) is 14.9. The lowest BCUT2D eigenvalue weighted by atomic mass is 9.85. The molecule has 2 atom stereocenters. The molecule has 0 radical (unpaired) electrons. The van der Waals surface area contributed by atoms with E-state index in [-0.39, 0.29) is 6.04 Å². The largest absolute Gasteiger partial charge is 0.459 e. The van der Waals surface area contributed by atoms with Crippen LogP contribution >= 0.6 is 0 Å². The summed E-state index contributed by atoms with van der Waals surface area (Å²) >= 11 is 0. The van der Waals surface area contributed by atoms with E-state index < -0.39 is 52.1 Å². The van der Waals surface area contributed by atoms with Gasteiger partial charge in [0.2, 0.25) is 5.60 Å². The number of likely N-dealkylation sites (N-methyl/N-ethyl adjacent to an activating group) is 1. The van der Waals surface area contributed by atoms with E-state index in [0.717, 1.165) is 24.3 Å². The van der Waals surface area contributed by atoms with E-state index >= 15 is 0 Å². The molecular weight excluding hydrogens is 426 g/mol. The Labute approximate surface area is 184 Å². The third-order valence-corrected chi connectivity index (χ3v) is 5.72. The summed E-state index contributed by atoms with van der Waals surface area (Å²) in [5.41, 5.74) is -4.32. The quantitative estimate of drug-likeness (QED) is 0.320. The van der Waals surface area contributed by atoms with Gasteiger partial charge in [0.15, 0.2) is 0 Å². The molecule has 2 aromatic rings. The van der Waals surface area contributed by atoms with Crippen molar-refractivity contribution in [3.63, 3.8) is 0 Å². The lowest BCUT2D eigenvalue weighted by Gasteiger charge is -2.34. The molecule has 1 N–H and O–H groups in total. The van der Waals surface area contributed by atoms with E-state index in [1.54, 1.807) is 0 Å². The fourth-order valence-electron chi connectivity index (χ4n) is 3.85. The van der Waals surface area contributed by atoms with Crippen LogP contribution in [0.25, 0.3) is 0 Å². The normalized spacial score (nSPS) is 19.5. The zero-order chi connectivity index (χ0) is 23.7. The molecule has 1 aliphatic rings. The fraction of sp³-hybridized carbons (Fsp3) is 0.375. The third kappa shape index (κ3) is 4.86. The number of halogens is 4. The molecule has 1 unspecified atom stereocenters. The van der Waals surface area contributed by atoms with Crippen LogP contribution in [-0.2, 0) is 15.1 Å². The van der Waals surface area contributed by atoms with Crippen LogP contribution in [0, 0.1) is 23.3 Å². The Hall–Kier alpha value is -2.71. The first-order valence-corrected chi connectivity index (χ1v) is 10.2. The van der Waals surface area contributed by atoms with Gasteiger partial charge in [0.1, 0.15) is 35.4 Å². The molecule has 0 saturated carbocycles. The molecule has 32 heavy (non-hydrogen) atoms. The van der Waals surface area contributed by atoms with Crippen molar-refractivity contribution in [1.82, 2.24) is 0 Å². The monoisotopic (exact) mass is 452 g/mol. The summed E-state index contributed by atoms with van der Waals surface area (Å²) in [7, 11) is 5.95. The highest BCUT2D eigenvalue weighted by atomic mass is 19.1. The molecule has 0 aromatic heterocycles. The molecule has 0 spiro atoms. The van der Waals surface area contributed by atoms with E-state index in [4.69, 9.17) is 4.74 Å². The zero-order valence-corrected chi connectivity index (χ0v) is 18.1. The number of quaternary nitrogens is 1. The molecule has 8 heteroatoms. The number of nitrogens with zero attached hydrogens (tertiary/aromatic N) is 1. The van der Waals surface area contributed by atoms with Gasteiger partial charge in [-0.25, -0.2) is 22.4 Å². The number of carbonyl (C=O) groups excluding carboxylic acids is 1. The summed E-state index contributed by atoms with van der Waals surface area (Å²) in [5.74, 6) is -5.73. The standard InChI is InChI=1S/C24H26F4NO3/c1-29(2,3)17-6-4-5-7-18(14-17)32-23(30)24(31,19-10-8-15(25)12-21(19)27)20-11-9-16(26)13-22(20)28/h4,6,8-13,17-18,31H,5,7,14H2,1-3H3/q+1/t17?,18-/m1/s1. The number of carbonyl (C=O) groups is 1. The molecule has 0 amide bonds. The number of ether oxygens (including phenoxy) is 1. The first kappa shape index (κ1) is 23.9. The van der Waals surface area contributed by atoms with Crippen LogP contribution < -0.4 is 0 Å². The van der Waals surface area contributed by atoms with Crippen molar-refractivity contribution in [2.24, 2.45) is 0 Å². The van der Waals surface area contributed by atoms with Crippen molar-refractivity contribution >= 4 is 5.97 Å². The van der Waals surface area contributed by atoms with Gasteiger partial charge in [-0.05, 0) is 43.2 Å². The van der Waals surface area contributed by atoms with Gasteiger partial charge in [0.05, 0.1) is 21.1 Å². The lowest BCUT2D eigenvalue weighted by molar-refractivity contribution is -0.889. The van der Waals surface area contributed by atoms with E-state index in [2.05, 4.69) is 0 Å².